The summed E-state index contributed by atoms with van der Waals surface area (Å²) in [4.78, 5) is 25.4. The fourth-order valence-corrected chi connectivity index (χ4v) is 2.38. The van der Waals surface area contributed by atoms with Crippen LogP contribution in [0.25, 0.3) is 0 Å². The van der Waals surface area contributed by atoms with Crippen molar-refractivity contribution in [3.8, 4) is 5.75 Å². The number of carbonyl (C=O) groups excluding carboxylic acids is 2. The summed E-state index contributed by atoms with van der Waals surface area (Å²) in [6.45, 7) is 5.82. The Balaban J connectivity index is 2.04. The van der Waals surface area contributed by atoms with Gasteiger partial charge in [-0.2, -0.15) is 0 Å². The molecule has 0 spiro atoms. The van der Waals surface area contributed by atoms with Crippen molar-refractivity contribution in [1.82, 2.24) is 5.32 Å². The maximum atomic E-state index is 12.3. The average Bonchev–Trinajstić information content (AvgIpc) is 2.65. The zero-order valence-corrected chi connectivity index (χ0v) is 14.7. The summed E-state index contributed by atoms with van der Waals surface area (Å²) in [5, 5.41) is 2.88. The van der Waals surface area contributed by atoms with Gasteiger partial charge in [0.05, 0.1) is 7.11 Å². The number of amides is 2. The monoisotopic (exact) mass is 338 g/mol. The number of likely N-dealkylation sites (N-methyl/N-ethyl adjacent to an activating group) is 1. The van der Waals surface area contributed by atoms with Gasteiger partial charge in [-0.1, -0.05) is 18.7 Å². The number of methoxy groups -OCH3 is 1. The lowest BCUT2D eigenvalue weighted by Gasteiger charge is -2.15. The van der Waals surface area contributed by atoms with Crippen LogP contribution in [0, 0.1) is 6.92 Å². The van der Waals surface area contributed by atoms with Crippen molar-refractivity contribution in [2.75, 3.05) is 19.1 Å². The first-order chi connectivity index (χ1) is 12.0. The number of nitrogens with zero attached hydrogens (tertiary/aromatic N) is 1. The summed E-state index contributed by atoms with van der Waals surface area (Å²) < 4.78 is 5.34. The van der Waals surface area contributed by atoms with E-state index < -0.39 is 0 Å². The standard InChI is InChI=1S/C20H22N2O3/c1-5-19(23)22(3)17-10-8-15(9-11-17)20(24)21-13-16-7-6-14(2)12-18(16)25-4/h5-12H,1,13H2,2-4H3,(H,21,24). The molecule has 0 bridgehead atoms. The summed E-state index contributed by atoms with van der Waals surface area (Å²) >= 11 is 0. The number of aryl methyl sites for hydroxylation is 1. The van der Waals surface area contributed by atoms with E-state index in [1.54, 1.807) is 38.4 Å². The lowest BCUT2D eigenvalue weighted by molar-refractivity contribution is -0.113. The number of carbonyl (C=O) groups is 2. The highest BCUT2D eigenvalue weighted by Crippen LogP contribution is 2.20. The Bertz CT molecular complexity index is 782. The molecule has 0 atom stereocenters. The predicted molar refractivity (Wildman–Crippen MR) is 99.0 cm³/mol. The Kier molecular flexibility index (Phi) is 5.95. The smallest absolute Gasteiger partial charge is 0.251 e. The third-order valence-corrected chi connectivity index (χ3v) is 3.90. The Morgan fingerprint density at radius 1 is 1.20 bits per heavy atom. The first-order valence-corrected chi connectivity index (χ1v) is 7.88. The minimum Gasteiger partial charge on any atom is -0.496 e. The van der Waals surface area contributed by atoms with Gasteiger partial charge in [0.25, 0.3) is 5.91 Å². The normalized spacial score (nSPS) is 10.0. The Labute approximate surface area is 147 Å². The molecule has 0 aliphatic rings. The number of anilines is 1. The second kappa shape index (κ2) is 8.15. The minimum absolute atomic E-state index is 0.188. The number of benzene rings is 2. The molecular formula is C20H22N2O3. The van der Waals surface area contributed by atoms with Crippen LogP contribution in [0.1, 0.15) is 21.5 Å². The highest BCUT2D eigenvalue weighted by atomic mass is 16.5. The number of ether oxygens (including phenoxy) is 1. The highest BCUT2D eigenvalue weighted by Gasteiger charge is 2.10. The zero-order valence-electron chi connectivity index (χ0n) is 14.7. The number of rotatable bonds is 6. The molecule has 2 amide bonds. The fraction of sp³-hybridized carbons (Fsp3) is 0.200. The highest BCUT2D eigenvalue weighted by molar-refractivity contribution is 6.01. The van der Waals surface area contributed by atoms with Crippen molar-refractivity contribution in [2.45, 2.75) is 13.5 Å². The molecule has 0 saturated carbocycles. The molecule has 0 aliphatic heterocycles. The van der Waals surface area contributed by atoms with Crippen LogP contribution < -0.4 is 15.0 Å². The van der Waals surface area contributed by atoms with Crippen LogP contribution in [-0.2, 0) is 11.3 Å². The van der Waals surface area contributed by atoms with Crippen LogP contribution >= 0.6 is 0 Å². The zero-order chi connectivity index (χ0) is 18.4. The second-order valence-corrected chi connectivity index (χ2v) is 5.65. The SMILES string of the molecule is C=CC(=O)N(C)c1ccc(C(=O)NCc2ccc(C)cc2OC)cc1. The quantitative estimate of drug-likeness (QED) is 0.824. The van der Waals surface area contributed by atoms with Crippen LogP contribution in [0.3, 0.4) is 0 Å². The van der Waals surface area contributed by atoms with Gasteiger partial charge >= 0.3 is 0 Å². The maximum absolute atomic E-state index is 12.3. The van der Waals surface area contributed by atoms with Crippen LogP contribution in [0.4, 0.5) is 5.69 Å². The van der Waals surface area contributed by atoms with Crippen LogP contribution in [-0.4, -0.2) is 26.0 Å². The fourth-order valence-electron chi connectivity index (χ4n) is 2.38. The van der Waals surface area contributed by atoms with Crippen molar-refractivity contribution >= 4 is 17.5 Å². The van der Waals surface area contributed by atoms with E-state index in [0.29, 0.717) is 17.8 Å². The Morgan fingerprint density at radius 3 is 2.48 bits per heavy atom. The van der Waals surface area contributed by atoms with Crippen LogP contribution in [0.2, 0.25) is 0 Å². The molecule has 130 valence electrons. The summed E-state index contributed by atoms with van der Waals surface area (Å²) in [5.74, 6) is 0.357. The Hall–Kier alpha value is -3.08. The van der Waals surface area contributed by atoms with Gasteiger partial charge in [0.2, 0.25) is 5.91 Å². The van der Waals surface area contributed by atoms with E-state index in [4.69, 9.17) is 4.74 Å². The topological polar surface area (TPSA) is 58.6 Å². The number of hydrogen-bond acceptors (Lipinski definition) is 3. The van der Waals surface area contributed by atoms with E-state index >= 15 is 0 Å². The number of hydrogen-bond donors (Lipinski definition) is 1. The van der Waals surface area contributed by atoms with Gasteiger partial charge in [0.15, 0.2) is 0 Å². The van der Waals surface area contributed by atoms with Crippen molar-refractivity contribution in [3.63, 3.8) is 0 Å². The first-order valence-electron chi connectivity index (χ1n) is 7.88. The lowest BCUT2D eigenvalue weighted by Crippen LogP contribution is -2.25. The molecular weight excluding hydrogens is 316 g/mol. The summed E-state index contributed by atoms with van der Waals surface area (Å²) in [5.41, 5.74) is 3.23. The van der Waals surface area contributed by atoms with E-state index in [-0.39, 0.29) is 11.8 Å². The number of nitrogens with one attached hydrogen (secondary N) is 1. The molecule has 0 radical (unpaired) electrons. The Morgan fingerprint density at radius 2 is 1.88 bits per heavy atom. The van der Waals surface area contributed by atoms with E-state index in [1.165, 1.54) is 11.0 Å². The summed E-state index contributed by atoms with van der Waals surface area (Å²) in [6.07, 6.45) is 1.25. The van der Waals surface area contributed by atoms with Crippen LogP contribution in [0.15, 0.2) is 55.1 Å². The summed E-state index contributed by atoms with van der Waals surface area (Å²) in [6, 6.07) is 12.7. The third kappa shape index (κ3) is 4.47. The average molecular weight is 338 g/mol. The largest absolute Gasteiger partial charge is 0.496 e. The van der Waals surface area contributed by atoms with E-state index in [9.17, 15) is 9.59 Å². The van der Waals surface area contributed by atoms with E-state index in [0.717, 1.165) is 16.9 Å². The molecule has 2 aromatic rings. The van der Waals surface area contributed by atoms with Gasteiger partial charge in [-0.15, -0.1) is 0 Å². The van der Waals surface area contributed by atoms with Gasteiger partial charge in [0, 0.05) is 30.4 Å². The van der Waals surface area contributed by atoms with E-state index in [1.807, 2.05) is 25.1 Å². The van der Waals surface area contributed by atoms with Crippen molar-refractivity contribution in [1.29, 1.82) is 0 Å². The van der Waals surface area contributed by atoms with Gasteiger partial charge < -0.3 is 15.0 Å². The first kappa shape index (κ1) is 18.3. The molecule has 2 rings (SSSR count). The molecule has 5 nitrogen and oxygen atoms in total. The molecule has 2 aromatic carbocycles. The van der Waals surface area contributed by atoms with E-state index in [2.05, 4.69) is 11.9 Å². The molecule has 0 unspecified atom stereocenters. The molecule has 0 saturated heterocycles. The molecule has 1 N–H and O–H groups in total. The van der Waals surface area contributed by atoms with Gasteiger partial charge in [-0.05, 0) is 48.9 Å². The van der Waals surface area contributed by atoms with Gasteiger partial charge in [-0.25, -0.2) is 0 Å². The predicted octanol–water partition coefficient (Wildman–Crippen LogP) is 3.08. The van der Waals surface area contributed by atoms with Crippen molar-refractivity contribution < 1.29 is 14.3 Å². The van der Waals surface area contributed by atoms with Gasteiger partial charge in [-0.3, -0.25) is 9.59 Å². The molecule has 5 heteroatoms. The molecule has 0 fully saturated rings. The second-order valence-electron chi connectivity index (χ2n) is 5.65. The molecule has 0 aromatic heterocycles. The van der Waals surface area contributed by atoms with Gasteiger partial charge in [0.1, 0.15) is 5.75 Å². The molecule has 0 heterocycles. The van der Waals surface area contributed by atoms with Crippen LogP contribution in [0.5, 0.6) is 5.75 Å². The van der Waals surface area contributed by atoms with Crippen molar-refractivity contribution in [3.05, 3.63) is 71.8 Å². The lowest BCUT2D eigenvalue weighted by atomic mass is 10.1. The summed E-state index contributed by atoms with van der Waals surface area (Å²) in [7, 11) is 3.27. The third-order valence-electron chi connectivity index (χ3n) is 3.90. The minimum atomic E-state index is -0.205. The molecule has 0 aliphatic carbocycles. The molecule has 25 heavy (non-hydrogen) atoms. The van der Waals surface area contributed by atoms with Crippen molar-refractivity contribution in [2.24, 2.45) is 0 Å². The maximum Gasteiger partial charge on any atom is 0.251 e.